The lowest BCUT2D eigenvalue weighted by Crippen LogP contribution is -2.47. The zero-order chi connectivity index (χ0) is 14.7. The minimum Gasteiger partial charge on any atom is -0.464 e. The number of carbonyl (C=O) groups excluding carboxylic acids is 1. The van der Waals surface area contributed by atoms with Crippen LogP contribution in [0.2, 0.25) is 0 Å². The number of hydrogen-bond donors (Lipinski definition) is 1. The molecule has 0 radical (unpaired) electrons. The Balaban J connectivity index is 3.37. The van der Waals surface area contributed by atoms with Crippen LogP contribution in [0, 0.1) is 0 Å². The van der Waals surface area contributed by atoms with Gasteiger partial charge in [-0.1, -0.05) is 18.2 Å². The standard InChI is InChI=1S/C13H16F3NO2/c1-4-19-11(18)12(2,17-3)9-7-5-6-8-10(9)13(14,15)16/h5-8,17H,4H2,1-3H3. The number of likely N-dealkylation sites (N-methyl/N-ethyl adjacent to an activating group) is 1. The number of alkyl halides is 3. The number of halogens is 3. The Bertz CT molecular complexity index is 459. The predicted octanol–water partition coefficient (Wildman–Crippen LogP) is 2.70. The molecule has 1 rings (SSSR count). The Morgan fingerprint density at radius 2 is 1.79 bits per heavy atom. The summed E-state index contributed by atoms with van der Waals surface area (Å²) in [6.07, 6.45) is -4.53. The van der Waals surface area contributed by atoms with Gasteiger partial charge >= 0.3 is 12.1 Å². The second-order valence-electron chi connectivity index (χ2n) is 4.14. The number of ether oxygens (including phenoxy) is 1. The molecular formula is C13H16F3NO2. The molecule has 0 saturated heterocycles. The first-order chi connectivity index (χ1) is 8.77. The molecule has 1 aromatic carbocycles. The molecule has 0 fully saturated rings. The molecule has 1 N–H and O–H groups in total. The van der Waals surface area contributed by atoms with Crippen molar-refractivity contribution in [3.8, 4) is 0 Å². The van der Waals surface area contributed by atoms with Gasteiger partial charge in [0.15, 0.2) is 0 Å². The second-order valence-corrected chi connectivity index (χ2v) is 4.14. The van der Waals surface area contributed by atoms with E-state index in [4.69, 9.17) is 4.74 Å². The minimum atomic E-state index is -4.53. The summed E-state index contributed by atoms with van der Waals surface area (Å²) in [4.78, 5) is 11.9. The first-order valence-corrected chi connectivity index (χ1v) is 5.80. The van der Waals surface area contributed by atoms with Gasteiger partial charge in [0, 0.05) is 0 Å². The van der Waals surface area contributed by atoms with E-state index in [2.05, 4.69) is 5.32 Å². The van der Waals surface area contributed by atoms with Gasteiger partial charge in [0.1, 0.15) is 5.54 Å². The molecule has 1 unspecified atom stereocenters. The van der Waals surface area contributed by atoms with E-state index < -0.39 is 23.2 Å². The zero-order valence-electron chi connectivity index (χ0n) is 11.0. The van der Waals surface area contributed by atoms with Crippen molar-refractivity contribution < 1.29 is 22.7 Å². The lowest BCUT2D eigenvalue weighted by Gasteiger charge is -2.29. The van der Waals surface area contributed by atoms with E-state index in [0.717, 1.165) is 6.07 Å². The number of hydrogen-bond acceptors (Lipinski definition) is 3. The molecule has 0 aromatic heterocycles. The molecule has 0 spiro atoms. The molecule has 0 saturated carbocycles. The van der Waals surface area contributed by atoms with Gasteiger partial charge in [-0.3, -0.25) is 0 Å². The molecular weight excluding hydrogens is 259 g/mol. The van der Waals surface area contributed by atoms with Crippen LogP contribution in [-0.4, -0.2) is 19.6 Å². The topological polar surface area (TPSA) is 38.3 Å². The van der Waals surface area contributed by atoms with Crippen LogP contribution in [0.15, 0.2) is 24.3 Å². The number of esters is 1. The van der Waals surface area contributed by atoms with E-state index in [1.807, 2.05) is 0 Å². The van der Waals surface area contributed by atoms with Crippen LogP contribution in [0.25, 0.3) is 0 Å². The number of rotatable bonds is 4. The predicted molar refractivity (Wildman–Crippen MR) is 64.5 cm³/mol. The average molecular weight is 275 g/mol. The summed E-state index contributed by atoms with van der Waals surface area (Å²) in [7, 11) is 1.42. The highest BCUT2D eigenvalue weighted by Gasteiger charge is 2.43. The highest BCUT2D eigenvalue weighted by atomic mass is 19.4. The molecule has 0 aliphatic carbocycles. The van der Waals surface area contributed by atoms with E-state index in [-0.39, 0.29) is 12.2 Å². The maximum absolute atomic E-state index is 13.0. The van der Waals surface area contributed by atoms with Crippen molar-refractivity contribution in [1.29, 1.82) is 0 Å². The SMILES string of the molecule is CCOC(=O)C(C)(NC)c1ccccc1C(F)(F)F. The van der Waals surface area contributed by atoms with E-state index in [1.54, 1.807) is 6.92 Å². The van der Waals surface area contributed by atoms with Crippen molar-refractivity contribution >= 4 is 5.97 Å². The van der Waals surface area contributed by atoms with Crippen LogP contribution >= 0.6 is 0 Å². The zero-order valence-corrected chi connectivity index (χ0v) is 11.0. The lowest BCUT2D eigenvalue weighted by atomic mass is 9.88. The summed E-state index contributed by atoms with van der Waals surface area (Å²) >= 11 is 0. The summed E-state index contributed by atoms with van der Waals surface area (Å²) < 4.78 is 43.8. The first-order valence-electron chi connectivity index (χ1n) is 5.80. The van der Waals surface area contributed by atoms with Crippen LogP contribution in [0.4, 0.5) is 13.2 Å². The molecule has 1 aromatic rings. The number of nitrogens with one attached hydrogen (secondary N) is 1. The summed E-state index contributed by atoms with van der Waals surface area (Å²) in [6, 6.07) is 4.97. The van der Waals surface area contributed by atoms with Gasteiger partial charge in [-0.25, -0.2) is 4.79 Å². The van der Waals surface area contributed by atoms with Crippen LogP contribution in [0.5, 0.6) is 0 Å². The van der Waals surface area contributed by atoms with E-state index >= 15 is 0 Å². The Morgan fingerprint density at radius 1 is 1.26 bits per heavy atom. The third kappa shape index (κ3) is 3.07. The largest absolute Gasteiger partial charge is 0.464 e. The third-order valence-electron chi connectivity index (χ3n) is 2.95. The van der Waals surface area contributed by atoms with Crippen LogP contribution in [-0.2, 0) is 21.2 Å². The van der Waals surface area contributed by atoms with Crippen molar-refractivity contribution in [3.63, 3.8) is 0 Å². The maximum atomic E-state index is 13.0. The minimum absolute atomic E-state index is 0.101. The van der Waals surface area contributed by atoms with E-state index in [1.165, 1.54) is 32.2 Å². The Hall–Kier alpha value is -1.56. The van der Waals surface area contributed by atoms with Gasteiger partial charge in [-0.05, 0) is 32.5 Å². The van der Waals surface area contributed by atoms with Gasteiger partial charge in [0.25, 0.3) is 0 Å². The van der Waals surface area contributed by atoms with Crippen molar-refractivity contribution in [3.05, 3.63) is 35.4 Å². The van der Waals surface area contributed by atoms with Crippen molar-refractivity contribution in [2.75, 3.05) is 13.7 Å². The highest BCUT2D eigenvalue weighted by molar-refractivity contribution is 5.82. The third-order valence-corrected chi connectivity index (χ3v) is 2.95. The summed E-state index contributed by atoms with van der Waals surface area (Å²) in [5, 5.41) is 2.62. The average Bonchev–Trinajstić information content (AvgIpc) is 2.37. The number of carbonyl (C=O) groups is 1. The summed E-state index contributed by atoms with van der Waals surface area (Å²) in [6.45, 7) is 3.07. The molecule has 0 aliphatic heterocycles. The van der Waals surface area contributed by atoms with Crippen molar-refractivity contribution in [2.24, 2.45) is 0 Å². The van der Waals surface area contributed by atoms with Crippen molar-refractivity contribution in [2.45, 2.75) is 25.6 Å². The van der Waals surface area contributed by atoms with Crippen LogP contribution < -0.4 is 5.32 Å². The monoisotopic (exact) mass is 275 g/mol. The van der Waals surface area contributed by atoms with Crippen LogP contribution in [0.1, 0.15) is 25.0 Å². The summed E-state index contributed by atoms with van der Waals surface area (Å²) in [5.74, 6) is -0.741. The maximum Gasteiger partial charge on any atom is 0.416 e. The smallest absolute Gasteiger partial charge is 0.416 e. The fraction of sp³-hybridized carbons (Fsp3) is 0.462. The molecule has 0 aliphatic rings. The second kappa shape index (κ2) is 5.61. The fourth-order valence-corrected chi connectivity index (χ4v) is 1.79. The lowest BCUT2D eigenvalue weighted by molar-refractivity contribution is -0.152. The molecule has 6 heteroatoms. The van der Waals surface area contributed by atoms with Crippen LogP contribution in [0.3, 0.4) is 0 Å². The van der Waals surface area contributed by atoms with Crippen molar-refractivity contribution in [1.82, 2.24) is 5.32 Å². The molecule has 19 heavy (non-hydrogen) atoms. The van der Waals surface area contributed by atoms with E-state index in [0.29, 0.717) is 0 Å². The normalized spacial score (nSPS) is 14.8. The summed E-state index contributed by atoms with van der Waals surface area (Å²) in [5.41, 5.74) is -2.54. The van der Waals surface area contributed by atoms with Gasteiger partial charge in [0.2, 0.25) is 0 Å². The molecule has 0 heterocycles. The van der Waals surface area contributed by atoms with Gasteiger partial charge in [0.05, 0.1) is 12.2 Å². The Labute approximate surface area is 109 Å². The quantitative estimate of drug-likeness (QED) is 0.859. The molecule has 0 bridgehead atoms. The Kier molecular flexibility index (Phi) is 4.57. The highest BCUT2D eigenvalue weighted by Crippen LogP contribution is 2.36. The molecule has 106 valence electrons. The molecule has 1 atom stereocenters. The van der Waals surface area contributed by atoms with Gasteiger partial charge in [-0.2, -0.15) is 13.2 Å². The first kappa shape index (κ1) is 15.5. The Morgan fingerprint density at radius 3 is 2.21 bits per heavy atom. The van der Waals surface area contributed by atoms with Gasteiger partial charge < -0.3 is 10.1 Å². The fourth-order valence-electron chi connectivity index (χ4n) is 1.79. The van der Waals surface area contributed by atoms with Gasteiger partial charge in [-0.15, -0.1) is 0 Å². The molecule has 3 nitrogen and oxygen atoms in total. The molecule has 0 amide bonds. The number of benzene rings is 1. The van der Waals surface area contributed by atoms with E-state index in [9.17, 15) is 18.0 Å².